The Morgan fingerprint density at radius 2 is 1.97 bits per heavy atom. The van der Waals surface area contributed by atoms with Gasteiger partial charge in [-0.1, -0.05) is 6.07 Å². The van der Waals surface area contributed by atoms with Crippen molar-refractivity contribution >= 4 is 6.02 Å². The van der Waals surface area contributed by atoms with Gasteiger partial charge in [0, 0.05) is 29.4 Å². The number of amidine groups is 1. The minimum Gasteiger partial charge on any atom is -0.490 e. The minimum absolute atomic E-state index is 0.0628. The SMILES string of the molecule is NC1=NC2(CO1)c1cc(-c3cncc(C(F)(F)F)c3)ccc1O[C@H]1CC[C@H](O)C[C@@H]12. The molecule has 3 N–H and O–H groups in total. The summed E-state index contributed by atoms with van der Waals surface area (Å²) in [6.45, 7) is 0.202. The molecule has 1 aliphatic carbocycles. The summed E-state index contributed by atoms with van der Waals surface area (Å²) in [6, 6.07) is 6.37. The number of hydrogen-bond acceptors (Lipinski definition) is 6. The number of alkyl halides is 3. The Bertz CT molecular complexity index is 1030. The highest BCUT2D eigenvalue weighted by atomic mass is 19.4. The molecule has 4 atom stereocenters. The molecule has 158 valence electrons. The average Bonchev–Trinajstić information content (AvgIpc) is 3.11. The maximum Gasteiger partial charge on any atom is 0.417 e. The normalized spacial score (nSPS) is 30.1. The second kappa shape index (κ2) is 6.60. The summed E-state index contributed by atoms with van der Waals surface area (Å²) in [5, 5.41) is 10.3. The quantitative estimate of drug-likeness (QED) is 0.741. The molecule has 3 heterocycles. The fourth-order valence-electron chi connectivity index (χ4n) is 4.80. The van der Waals surface area contributed by atoms with Gasteiger partial charge in [-0.2, -0.15) is 13.2 Å². The van der Waals surface area contributed by atoms with E-state index in [0.29, 0.717) is 41.7 Å². The molecular formula is C21H20F3N3O3. The van der Waals surface area contributed by atoms with Crippen LogP contribution in [0.3, 0.4) is 0 Å². The molecule has 0 amide bonds. The first-order valence-electron chi connectivity index (χ1n) is 9.76. The van der Waals surface area contributed by atoms with Crippen molar-refractivity contribution in [2.45, 2.75) is 43.2 Å². The van der Waals surface area contributed by atoms with Gasteiger partial charge in [0.15, 0.2) is 0 Å². The van der Waals surface area contributed by atoms with Crippen molar-refractivity contribution in [1.29, 1.82) is 0 Å². The van der Waals surface area contributed by atoms with E-state index in [0.717, 1.165) is 12.3 Å². The number of aliphatic hydroxyl groups excluding tert-OH is 1. The summed E-state index contributed by atoms with van der Waals surface area (Å²) in [4.78, 5) is 8.38. The lowest BCUT2D eigenvalue weighted by atomic mass is 9.67. The van der Waals surface area contributed by atoms with Gasteiger partial charge in [0.1, 0.15) is 24.0 Å². The molecule has 1 fully saturated rings. The summed E-state index contributed by atoms with van der Waals surface area (Å²) >= 11 is 0. The standard InChI is InChI=1S/C21H20F3N3O3/c22-21(23,24)13-5-12(8-26-9-13)11-1-3-17-15(6-11)20(10-29-19(25)27-20)16-7-14(28)2-4-18(16)30-17/h1,3,5-6,8-9,14,16,18,28H,2,4,7,10H2,(H2,25,27)/t14-,16-,18-,20?/m0/s1. The highest BCUT2D eigenvalue weighted by molar-refractivity contribution is 5.75. The number of halogens is 3. The number of aliphatic imine (C=N–C) groups is 1. The van der Waals surface area contributed by atoms with Gasteiger partial charge in [-0.25, -0.2) is 4.99 Å². The largest absolute Gasteiger partial charge is 0.490 e. The van der Waals surface area contributed by atoms with Gasteiger partial charge in [-0.3, -0.25) is 4.98 Å². The van der Waals surface area contributed by atoms with Gasteiger partial charge in [-0.15, -0.1) is 0 Å². The molecular weight excluding hydrogens is 399 g/mol. The summed E-state index contributed by atoms with van der Waals surface area (Å²) in [5.41, 5.74) is 5.81. The topological polar surface area (TPSA) is 90.0 Å². The Labute approximate surface area is 170 Å². The second-order valence-corrected chi connectivity index (χ2v) is 8.06. The number of rotatable bonds is 1. The molecule has 9 heteroatoms. The number of aliphatic hydroxyl groups is 1. The van der Waals surface area contributed by atoms with Crippen LogP contribution in [0.2, 0.25) is 0 Å². The van der Waals surface area contributed by atoms with Crippen LogP contribution in [0.15, 0.2) is 41.7 Å². The number of nitrogens with zero attached hydrogens (tertiary/aromatic N) is 2. The van der Waals surface area contributed by atoms with Crippen molar-refractivity contribution in [1.82, 2.24) is 4.98 Å². The monoisotopic (exact) mass is 419 g/mol. The number of pyridine rings is 1. The average molecular weight is 419 g/mol. The van der Waals surface area contributed by atoms with Crippen LogP contribution in [0.5, 0.6) is 5.75 Å². The van der Waals surface area contributed by atoms with Gasteiger partial charge >= 0.3 is 6.18 Å². The lowest BCUT2D eigenvalue weighted by Gasteiger charge is -2.47. The third kappa shape index (κ3) is 2.99. The molecule has 2 aromatic rings. The zero-order valence-corrected chi connectivity index (χ0v) is 15.9. The van der Waals surface area contributed by atoms with E-state index in [9.17, 15) is 18.3 Å². The van der Waals surface area contributed by atoms with Crippen LogP contribution in [-0.2, 0) is 16.5 Å². The van der Waals surface area contributed by atoms with Gasteiger partial charge in [0.05, 0.1) is 11.7 Å². The van der Waals surface area contributed by atoms with Crippen molar-refractivity contribution in [3.8, 4) is 16.9 Å². The van der Waals surface area contributed by atoms with E-state index in [1.165, 1.54) is 6.20 Å². The molecule has 3 aliphatic rings. The van der Waals surface area contributed by atoms with Crippen molar-refractivity contribution in [3.05, 3.63) is 47.8 Å². The smallest absolute Gasteiger partial charge is 0.417 e. The Morgan fingerprint density at radius 1 is 1.13 bits per heavy atom. The molecule has 1 unspecified atom stereocenters. The predicted octanol–water partition coefficient (Wildman–Crippen LogP) is 3.23. The van der Waals surface area contributed by atoms with Gasteiger partial charge < -0.3 is 20.3 Å². The molecule has 6 nitrogen and oxygen atoms in total. The van der Waals surface area contributed by atoms with Crippen molar-refractivity contribution in [2.24, 2.45) is 16.6 Å². The second-order valence-electron chi connectivity index (χ2n) is 8.06. The third-order valence-electron chi connectivity index (χ3n) is 6.25. The molecule has 1 spiro atoms. The number of hydrogen-bond donors (Lipinski definition) is 2. The molecule has 2 aliphatic heterocycles. The lowest BCUT2D eigenvalue weighted by molar-refractivity contribution is -0.137. The Balaban J connectivity index is 1.63. The molecule has 1 aromatic heterocycles. The minimum atomic E-state index is -4.48. The molecule has 0 bridgehead atoms. The first-order valence-corrected chi connectivity index (χ1v) is 9.76. The van der Waals surface area contributed by atoms with Crippen LogP contribution in [-0.4, -0.2) is 34.9 Å². The molecule has 0 radical (unpaired) electrons. The van der Waals surface area contributed by atoms with E-state index >= 15 is 0 Å². The maximum absolute atomic E-state index is 13.1. The number of fused-ring (bicyclic) bond motifs is 4. The maximum atomic E-state index is 13.1. The van der Waals surface area contributed by atoms with Crippen molar-refractivity contribution in [3.63, 3.8) is 0 Å². The number of benzene rings is 1. The lowest BCUT2D eigenvalue weighted by Crippen LogP contribution is -2.51. The molecule has 1 aromatic carbocycles. The van der Waals surface area contributed by atoms with Crippen LogP contribution in [0, 0.1) is 5.92 Å². The van der Waals surface area contributed by atoms with E-state index in [1.807, 2.05) is 0 Å². The van der Waals surface area contributed by atoms with E-state index in [2.05, 4.69) is 9.98 Å². The number of aromatic nitrogens is 1. The first kappa shape index (κ1) is 19.2. The highest BCUT2D eigenvalue weighted by Crippen LogP contribution is 2.53. The summed E-state index contributed by atoms with van der Waals surface area (Å²) < 4.78 is 51.1. The first-order chi connectivity index (χ1) is 14.3. The van der Waals surface area contributed by atoms with Crippen LogP contribution in [0.25, 0.3) is 11.1 Å². The third-order valence-corrected chi connectivity index (χ3v) is 6.25. The van der Waals surface area contributed by atoms with Crippen LogP contribution in [0.4, 0.5) is 13.2 Å². The van der Waals surface area contributed by atoms with E-state index < -0.39 is 23.4 Å². The zero-order chi connectivity index (χ0) is 21.1. The van der Waals surface area contributed by atoms with Crippen LogP contribution < -0.4 is 10.5 Å². The summed E-state index contributed by atoms with van der Waals surface area (Å²) in [7, 11) is 0. The summed E-state index contributed by atoms with van der Waals surface area (Å²) in [6.07, 6.45) is -1.09. The molecule has 0 saturated heterocycles. The van der Waals surface area contributed by atoms with Crippen LogP contribution >= 0.6 is 0 Å². The van der Waals surface area contributed by atoms with Crippen molar-refractivity contribution in [2.75, 3.05) is 6.61 Å². The number of ether oxygens (including phenoxy) is 2. The summed E-state index contributed by atoms with van der Waals surface area (Å²) in [5.74, 6) is 0.461. The number of nitrogens with two attached hydrogens (primary N) is 1. The predicted molar refractivity (Wildman–Crippen MR) is 102 cm³/mol. The molecule has 5 rings (SSSR count). The van der Waals surface area contributed by atoms with Crippen LogP contribution in [0.1, 0.15) is 30.4 Å². The zero-order valence-electron chi connectivity index (χ0n) is 15.9. The Hall–Kier alpha value is -2.81. The van der Waals surface area contributed by atoms with Gasteiger partial charge in [0.2, 0.25) is 0 Å². The molecule has 1 saturated carbocycles. The highest BCUT2D eigenvalue weighted by Gasteiger charge is 2.55. The Kier molecular flexibility index (Phi) is 4.22. The van der Waals surface area contributed by atoms with Crippen molar-refractivity contribution < 1.29 is 27.8 Å². The Morgan fingerprint density at radius 3 is 2.70 bits per heavy atom. The van der Waals surface area contributed by atoms with E-state index in [-0.39, 0.29) is 24.7 Å². The van der Waals surface area contributed by atoms with Gasteiger partial charge in [0.25, 0.3) is 6.02 Å². The van der Waals surface area contributed by atoms with Gasteiger partial charge in [-0.05, 0) is 43.0 Å². The molecule has 30 heavy (non-hydrogen) atoms. The van der Waals surface area contributed by atoms with E-state index in [1.54, 1.807) is 18.2 Å². The van der Waals surface area contributed by atoms with E-state index in [4.69, 9.17) is 15.2 Å². The fraction of sp³-hybridized carbons (Fsp3) is 0.429. The fourth-order valence-corrected chi connectivity index (χ4v) is 4.80.